The summed E-state index contributed by atoms with van der Waals surface area (Å²) in [6.45, 7) is -0.684. The highest BCUT2D eigenvalue weighted by Gasteiger charge is 2.80. The minimum atomic E-state index is -1.90. The molecule has 4 fully saturated rings. The zero-order valence-corrected chi connectivity index (χ0v) is 21.4. The van der Waals surface area contributed by atoms with Crippen molar-refractivity contribution in [3.05, 3.63) is 0 Å². The summed E-state index contributed by atoms with van der Waals surface area (Å²) in [4.78, 5) is 0. The Kier molecular flexibility index (Phi) is 9.07. The van der Waals surface area contributed by atoms with Gasteiger partial charge in [0.25, 0.3) is 0 Å². The van der Waals surface area contributed by atoms with E-state index in [1.54, 1.807) is 0 Å². The Morgan fingerprint density at radius 1 is 0.842 bits per heavy atom. The molecule has 2 heterocycles. The van der Waals surface area contributed by atoms with E-state index >= 15 is 0 Å². The van der Waals surface area contributed by atoms with E-state index < -0.39 is 116 Å². The molecule has 2 saturated heterocycles. The Labute approximate surface area is 219 Å². The van der Waals surface area contributed by atoms with Crippen LogP contribution in [0.4, 0.5) is 0 Å². The van der Waals surface area contributed by atoms with E-state index in [9.17, 15) is 46.0 Å². The van der Waals surface area contributed by atoms with Crippen molar-refractivity contribution in [2.75, 3.05) is 40.6 Å². The largest absolute Gasteiger partial charge is 0.394 e. The first-order valence-corrected chi connectivity index (χ1v) is 12.6. The summed E-state index contributed by atoms with van der Waals surface area (Å²) < 4.78 is 33.2. The van der Waals surface area contributed by atoms with Crippen LogP contribution in [0.1, 0.15) is 6.92 Å². The second kappa shape index (κ2) is 11.3. The number of ether oxygens (including phenoxy) is 6. The average Bonchev–Trinajstić information content (AvgIpc) is 3.73. The summed E-state index contributed by atoms with van der Waals surface area (Å²) in [5.41, 5.74) is -3.51. The van der Waals surface area contributed by atoms with Crippen molar-refractivity contribution in [2.45, 2.75) is 85.6 Å². The van der Waals surface area contributed by atoms with Gasteiger partial charge in [0.05, 0.1) is 62.7 Å². The molecule has 0 bridgehead atoms. The number of methoxy groups -OCH3 is 2. The molecule has 15 nitrogen and oxygen atoms in total. The molecule has 4 rings (SSSR count). The van der Waals surface area contributed by atoms with Gasteiger partial charge >= 0.3 is 0 Å². The highest BCUT2D eigenvalue weighted by molar-refractivity contribution is 5.26. The lowest BCUT2D eigenvalue weighted by Crippen LogP contribution is -2.55. The van der Waals surface area contributed by atoms with Crippen molar-refractivity contribution < 1.29 is 74.4 Å². The maximum absolute atomic E-state index is 11.3. The van der Waals surface area contributed by atoms with Crippen LogP contribution < -0.4 is 0 Å². The highest BCUT2D eigenvalue weighted by atomic mass is 16.7. The van der Waals surface area contributed by atoms with E-state index in [1.165, 1.54) is 21.1 Å². The third-order valence-electron chi connectivity index (χ3n) is 8.43. The van der Waals surface area contributed by atoms with Gasteiger partial charge in [0.2, 0.25) is 0 Å². The van der Waals surface area contributed by atoms with Crippen molar-refractivity contribution in [2.24, 2.45) is 17.8 Å². The minimum Gasteiger partial charge on any atom is -0.394 e. The molecule has 0 aromatic carbocycles. The molecule has 0 spiro atoms. The normalized spacial score (nSPS) is 48.9. The molecule has 2 saturated carbocycles. The van der Waals surface area contributed by atoms with E-state index in [2.05, 4.69) is 0 Å². The van der Waals surface area contributed by atoms with Crippen LogP contribution in [0.15, 0.2) is 0 Å². The molecule has 9 N–H and O–H groups in total. The van der Waals surface area contributed by atoms with E-state index in [4.69, 9.17) is 28.4 Å². The first kappa shape index (κ1) is 30.4. The topological polar surface area (TPSA) is 237 Å². The van der Waals surface area contributed by atoms with Crippen molar-refractivity contribution in [1.82, 2.24) is 0 Å². The Morgan fingerprint density at radius 3 is 1.87 bits per heavy atom. The Balaban J connectivity index is 1.50. The Bertz CT molecular complexity index is 803. The molecule has 222 valence electrons. The monoisotopic (exact) mass is 556 g/mol. The lowest BCUT2D eigenvalue weighted by atomic mass is 9.93. The summed E-state index contributed by atoms with van der Waals surface area (Å²) >= 11 is 0. The lowest BCUT2D eigenvalue weighted by Gasteiger charge is -2.40. The van der Waals surface area contributed by atoms with Crippen LogP contribution in [0, 0.1) is 17.8 Å². The van der Waals surface area contributed by atoms with Crippen molar-refractivity contribution >= 4 is 0 Å². The molecule has 0 aromatic heterocycles. The summed E-state index contributed by atoms with van der Waals surface area (Å²) in [7, 11) is 2.70. The van der Waals surface area contributed by atoms with Crippen LogP contribution in [0.3, 0.4) is 0 Å². The molecule has 0 radical (unpaired) electrons. The lowest BCUT2D eigenvalue weighted by molar-refractivity contribution is -0.304. The van der Waals surface area contributed by atoms with Crippen LogP contribution >= 0.6 is 0 Å². The fourth-order valence-electron chi connectivity index (χ4n) is 6.28. The van der Waals surface area contributed by atoms with Gasteiger partial charge < -0.3 is 74.4 Å². The summed E-state index contributed by atoms with van der Waals surface area (Å²) in [5, 5.41) is 93.4. The zero-order valence-electron chi connectivity index (χ0n) is 21.4. The van der Waals surface area contributed by atoms with E-state index in [-0.39, 0.29) is 6.61 Å². The Hall–Kier alpha value is -0.600. The molecular weight excluding hydrogens is 516 g/mol. The van der Waals surface area contributed by atoms with Gasteiger partial charge in [-0.1, -0.05) is 0 Å². The van der Waals surface area contributed by atoms with Gasteiger partial charge in [-0.15, -0.1) is 0 Å². The van der Waals surface area contributed by atoms with Gasteiger partial charge in [-0.05, 0) is 6.92 Å². The van der Waals surface area contributed by atoms with Crippen molar-refractivity contribution in [3.63, 3.8) is 0 Å². The van der Waals surface area contributed by atoms with Gasteiger partial charge in [0.1, 0.15) is 41.7 Å². The third-order valence-corrected chi connectivity index (χ3v) is 8.43. The van der Waals surface area contributed by atoms with Crippen molar-refractivity contribution in [1.29, 1.82) is 0 Å². The van der Waals surface area contributed by atoms with Crippen LogP contribution in [-0.2, 0) is 28.4 Å². The predicted molar refractivity (Wildman–Crippen MR) is 121 cm³/mol. The van der Waals surface area contributed by atoms with Gasteiger partial charge in [0, 0.05) is 20.1 Å². The number of aliphatic hydroxyl groups excluding tert-OH is 7. The fourth-order valence-corrected chi connectivity index (χ4v) is 6.28. The van der Waals surface area contributed by atoms with E-state index in [0.717, 1.165) is 0 Å². The minimum absolute atomic E-state index is 0.110. The molecular formula is C23H40O15. The quantitative estimate of drug-likeness (QED) is 0.103. The molecule has 0 amide bonds. The maximum atomic E-state index is 11.3. The molecule has 16 atom stereocenters. The Morgan fingerprint density at radius 2 is 1.37 bits per heavy atom. The smallest absolute Gasteiger partial charge is 0.184 e. The molecule has 0 aromatic rings. The fraction of sp³-hybridized carbons (Fsp3) is 1.00. The molecule has 4 aliphatic rings. The van der Waals surface area contributed by atoms with Crippen molar-refractivity contribution in [3.8, 4) is 0 Å². The number of rotatable bonds is 13. The van der Waals surface area contributed by atoms with Crippen LogP contribution in [0.2, 0.25) is 0 Å². The van der Waals surface area contributed by atoms with E-state index in [0.29, 0.717) is 0 Å². The summed E-state index contributed by atoms with van der Waals surface area (Å²) in [6.07, 6.45) is -14.1. The van der Waals surface area contributed by atoms with Crippen LogP contribution in [0.25, 0.3) is 0 Å². The first-order chi connectivity index (χ1) is 18.0. The highest BCUT2D eigenvalue weighted by Crippen LogP contribution is 2.59. The molecule has 38 heavy (non-hydrogen) atoms. The number of hydrogen-bond acceptors (Lipinski definition) is 15. The average molecular weight is 557 g/mol. The first-order valence-electron chi connectivity index (χ1n) is 12.6. The molecule has 2 aliphatic heterocycles. The van der Waals surface area contributed by atoms with Gasteiger partial charge in [-0.25, -0.2) is 0 Å². The van der Waals surface area contributed by atoms with Gasteiger partial charge in [-0.3, -0.25) is 0 Å². The number of hydrogen-bond donors (Lipinski definition) is 9. The summed E-state index contributed by atoms with van der Waals surface area (Å²) in [5.74, 6) is -2.84. The van der Waals surface area contributed by atoms with Gasteiger partial charge in [-0.2, -0.15) is 0 Å². The second-order valence-corrected chi connectivity index (χ2v) is 10.6. The summed E-state index contributed by atoms with van der Waals surface area (Å²) in [6, 6.07) is 0. The number of fused-ring (bicyclic) bond motifs is 2. The molecule has 11 unspecified atom stereocenters. The second-order valence-electron chi connectivity index (χ2n) is 10.6. The molecule has 15 heteroatoms. The predicted octanol–water partition coefficient (Wildman–Crippen LogP) is -5.35. The maximum Gasteiger partial charge on any atom is 0.184 e. The standard InChI is InChI=1S/C23H40O15/c1-8(27)17(9(7-33-2)10(28)4-24)37-20-16(30)14-19(23(14,32)12(6-26)35-20)38-21-15(29)13-18(34-3)22(13,31)11(5-25)36-21/h8-21,24-32H,4-7H2,1-3H3/t8-,9+,10-,11?,12?,13?,14?,15?,16?,17?,18?,19?,20-,21+,22?,23?/m1/s1. The van der Waals surface area contributed by atoms with E-state index in [1.807, 2.05) is 0 Å². The SMILES string of the molecule is COC[C@H](C(O[C@H]1OC(CO)C2(O)C(O[C@@H]3OC(CO)C4(O)C(OC)C4C3O)C2C1O)[C@@H](C)O)[C@H](O)CO. The number of aliphatic hydroxyl groups is 9. The zero-order chi connectivity index (χ0) is 28.2. The molecule has 2 aliphatic carbocycles. The van der Waals surface area contributed by atoms with Crippen LogP contribution in [0.5, 0.6) is 0 Å². The third kappa shape index (κ3) is 4.70. The van der Waals surface area contributed by atoms with Crippen LogP contribution in [-0.4, -0.2) is 165 Å². The van der Waals surface area contributed by atoms with Gasteiger partial charge in [0.15, 0.2) is 12.6 Å².